The smallest absolute Gasteiger partial charge is 0.219 e. The lowest BCUT2D eigenvalue weighted by Crippen LogP contribution is -2.61. The van der Waals surface area contributed by atoms with Crippen LogP contribution in [0.2, 0.25) is 5.02 Å². The molecule has 1 aromatic rings. The number of pyridine rings is 1. The number of likely N-dealkylation sites (tertiary alicyclic amines) is 1. The van der Waals surface area contributed by atoms with Gasteiger partial charge in [0.25, 0.3) is 0 Å². The number of hydrogen-bond donors (Lipinski definition) is 1. The van der Waals surface area contributed by atoms with Crippen molar-refractivity contribution in [2.24, 2.45) is 0 Å². The first kappa shape index (κ1) is 9.90. The first-order chi connectivity index (χ1) is 7.61. The van der Waals surface area contributed by atoms with E-state index in [2.05, 4.69) is 10.3 Å². The molecule has 1 N–H and O–H groups in total. The number of fused-ring (bicyclic) bond motifs is 2. The molecule has 3 heterocycles. The van der Waals surface area contributed by atoms with Gasteiger partial charge in [0.2, 0.25) is 5.91 Å². The zero-order valence-electron chi connectivity index (χ0n) is 8.96. The summed E-state index contributed by atoms with van der Waals surface area (Å²) in [5.41, 5.74) is 1.19. The fraction of sp³-hybridized carbons (Fsp3) is 0.455. The van der Waals surface area contributed by atoms with Gasteiger partial charge in [-0.25, -0.2) is 4.98 Å². The molecule has 2 aliphatic heterocycles. The van der Waals surface area contributed by atoms with E-state index in [1.54, 1.807) is 13.1 Å². The Hall–Kier alpha value is -1.29. The van der Waals surface area contributed by atoms with Crippen LogP contribution in [0.3, 0.4) is 0 Å². The zero-order chi connectivity index (χ0) is 11.3. The summed E-state index contributed by atoms with van der Waals surface area (Å²) < 4.78 is 0. The monoisotopic (exact) mass is 237 g/mol. The molecule has 1 aromatic heterocycles. The van der Waals surface area contributed by atoms with E-state index >= 15 is 0 Å². The molecule has 1 amide bonds. The maximum Gasteiger partial charge on any atom is 0.219 e. The molecule has 1 spiro atoms. The maximum atomic E-state index is 11.2. The Morgan fingerprint density at radius 1 is 1.62 bits per heavy atom. The number of nitrogens with one attached hydrogen (secondary N) is 1. The van der Waals surface area contributed by atoms with E-state index < -0.39 is 0 Å². The highest BCUT2D eigenvalue weighted by Gasteiger charge is 2.50. The molecular weight excluding hydrogens is 226 g/mol. The Labute approximate surface area is 98.6 Å². The Balaban J connectivity index is 1.93. The van der Waals surface area contributed by atoms with E-state index in [0.717, 1.165) is 31.0 Å². The number of carbonyl (C=O) groups excluding carboxylic acids is 1. The van der Waals surface area contributed by atoms with Crippen LogP contribution in [0.15, 0.2) is 12.3 Å². The van der Waals surface area contributed by atoms with Crippen LogP contribution in [-0.2, 0) is 10.2 Å². The minimum atomic E-state index is 0.0406. The SMILES string of the molecule is CC(=O)N1CC2(CNc3ncc(Cl)cc32)C1. The molecule has 0 atom stereocenters. The van der Waals surface area contributed by atoms with Gasteiger partial charge in [-0.05, 0) is 6.07 Å². The van der Waals surface area contributed by atoms with Gasteiger partial charge >= 0.3 is 0 Å². The van der Waals surface area contributed by atoms with Crippen molar-refractivity contribution in [3.63, 3.8) is 0 Å². The van der Waals surface area contributed by atoms with Gasteiger partial charge in [0.1, 0.15) is 5.82 Å². The molecule has 0 radical (unpaired) electrons. The standard InChI is InChI=1S/C11H12ClN3O/c1-7(16)15-5-11(6-15)4-14-10-9(11)2-8(12)3-13-10/h2-3H,4-6H2,1H3,(H,13,14). The lowest BCUT2D eigenvalue weighted by Gasteiger charge is -2.47. The predicted molar refractivity (Wildman–Crippen MR) is 61.7 cm³/mol. The third-order valence-corrected chi connectivity index (χ3v) is 3.66. The molecule has 3 rings (SSSR count). The van der Waals surface area contributed by atoms with E-state index in [9.17, 15) is 4.79 Å². The van der Waals surface area contributed by atoms with Crippen molar-refractivity contribution in [3.8, 4) is 0 Å². The van der Waals surface area contributed by atoms with Gasteiger partial charge in [0, 0.05) is 38.3 Å². The normalized spacial score (nSPS) is 20.2. The Morgan fingerprint density at radius 3 is 3.06 bits per heavy atom. The van der Waals surface area contributed by atoms with Gasteiger partial charge in [-0.1, -0.05) is 11.6 Å². The van der Waals surface area contributed by atoms with E-state index in [1.165, 1.54) is 0 Å². The second kappa shape index (κ2) is 3.10. The van der Waals surface area contributed by atoms with E-state index in [1.807, 2.05) is 11.0 Å². The summed E-state index contributed by atoms with van der Waals surface area (Å²) in [4.78, 5) is 17.3. The van der Waals surface area contributed by atoms with Crippen molar-refractivity contribution in [3.05, 3.63) is 22.8 Å². The van der Waals surface area contributed by atoms with Gasteiger partial charge < -0.3 is 10.2 Å². The van der Waals surface area contributed by atoms with Gasteiger partial charge in [0.15, 0.2) is 0 Å². The summed E-state index contributed by atoms with van der Waals surface area (Å²) in [5, 5.41) is 3.93. The fourth-order valence-corrected chi connectivity index (χ4v) is 2.68. The number of nitrogens with zero attached hydrogens (tertiary/aromatic N) is 2. The molecule has 1 saturated heterocycles. The molecule has 5 heteroatoms. The van der Waals surface area contributed by atoms with Gasteiger partial charge in [0.05, 0.1) is 10.4 Å². The van der Waals surface area contributed by atoms with Crippen LogP contribution in [0.4, 0.5) is 5.82 Å². The minimum absolute atomic E-state index is 0.0406. The number of aromatic nitrogens is 1. The zero-order valence-corrected chi connectivity index (χ0v) is 9.71. The average Bonchev–Trinajstić information content (AvgIpc) is 2.53. The molecule has 0 saturated carbocycles. The molecule has 84 valence electrons. The number of hydrogen-bond acceptors (Lipinski definition) is 3. The summed E-state index contributed by atoms with van der Waals surface area (Å²) in [6, 6.07) is 1.96. The van der Waals surface area contributed by atoms with Crippen LogP contribution < -0.4 is 5.32 Å². The van der Waals surface area contributed by atoms with Crippen molar-refractivity contribution in [1.82, 2.24) is 9.88 Å². The molecule has 0 unspecified atom stereocenters. The summed E-state index contributed by atoms with van der Waals surface area (Å²) >= 11 is 5.96. The molecule has 2 aliphatic rings. The quantitative estimate of drug-likeness (QED) is 0.739. The van der Waals surface area contributed by atoms with Crippen LogP contribution in [-0.4, -0.2) is 35.4 Å². The molecule has 0 aliphatic carbocycles. The molecular formula is C11H12ClN3O. The average molecular weight is 238 g/mol. The topological polar surface area (TPSA) is 45.2 Å². The van der Waals surface area contributed by atoms with Crippen LogP contribution >= 0.6 is 11.6 Å². The highest BCUT2D eigenvalue weighted by Crippen LogP contribution is 2.43. The summed E-state index contributed by atoms with van der Waals surface area (Å²) in [6.07, 6.45) is 1.65. The molecule has 1 fully saturated rings. The Morgan fingerprint density at radius 2 is 2.38 bits per heavy atom. The number of rotatable bonds is 0. The number of halogens is 1. The highest BCUT2D eigenvalue weighted by molar-refractivity contribution is 6.30. The van der Waals surface area contributed by atoms with Crippen LogP contribution in [0.1, 0.15) is 12.5 Å². The van der Waals surface area contributed by atoms with Crippen molar-refractivity contribution >= 4 is 23.3 Å². The van der Waals surface area contributed by atoms with Crippen LogP contribution in [0, 0.1) is 0 Å². The Kier molecular flexibility index (Phi) is 1.92. The van der Waals surface area contributed by atoms with Crippen molar-refractivity contribution in [2.75, 3.05) is 25.0 Å². The molecule has 4 nitrogen and oxygen atoms in total. The first-order valence-corrected chi connectivity index (χ1v) is 5.64. The predicted octanol–water partition coefficient (Wildman–Crippen LogP) is 1.26. The van der Waals surface area contributed by atoms with Gasteiger partial charge in [-0.15, -0.1) is 0 Å². The van der Waals surface area contributed by atoms with Gasteiger partial charge in [-0.3, -0.25) is 4.79 Å². The summed E-state index contributed by atoms with van der Waals surface area (Å²) in [6.45, 7) is 3.99. The largest absolute Gasteiger partial charge is 0.369 e. The van der Waals surface area contributed by atoms with Crippen LogP contribution in [0.5, 0.6) is 0 Å². The van der Waals surface area contributed by atoms with E-state index in [4.69, 9.17) is 11.6 Å². The number of amides is 1. The third-order valence-electron chi connectivity index (χ3n) is 3.45. The molecule has 0 bridgehead atoms. The van der Waals surface area contributed by atoms with Crippen LogP contribution in [0.25, 0.3) is 0 Å². The van der Waals surface area contributed by atoms with E-state index in [-0.39, 0.29) is 11.3 Å². The second-order valence-electron chi connectivity index (χ2n) is 4.56. The summed E-state index contributed by atoms with van der Waals surface area (Å²) in [7, 11) is 0. The van der Waals surface area contributed by atoms with E-state index in [0.29, 0.717) is 5.02 Å². The molecule has 0 aromatic carbocycles. The summed E-state index contributed by atoms with van der Waals surface area (Å²) in [5.74, 6) is 1.04. The van der Waals surface area contributed by atoms with Gasteiger partial charge in [-0.2, -0.15) is 0 Å². The number of anilines is 1. The molecule has 16 heavy (non-hydrogen) atoms. The van der Waals surface area contributed by atoms with Crippen molar-refractivity contribution in [2.45, 2.75) is 12.3 Å². The second-order valence-corrected chi connectivity index (χ2v) is 5.00. The number of carbonyl (C=O) groups is 1. The highest BCUT2D eigenvalue weighted by atomic mass is 35.5. The maximum absolute atomic E-state index is 11.2. The van der Waals surface area contributed by atoms with Crippen molar-refractivity contribution in [1.29, 1.82) is 0 Å². The minimum Gasteiger partial charge on any atom is -0.369 e. The van der Waals surface area contributed by atoms with Crippen molar-refractivity contribution < 1.29 is 4.79 Å². The first-order valence-electron chi connectivity index (χ1n) is 5.26. The lowest BCUT2D eigenvalue weighted by molar-refractivity contribution is -0.135. The third kappa shape index (κ3) is 1.23. The Bertz CT molecular complexity index is 468. The lowest BCUT2D eigenvalue weighted by atomic mass is 9.76. The fourth-order valence-electron chi connectivity index (χ4n) is 2.52.